The van der Waals surface area contributed by atoms with Crippen LogP contribution in [0.4, 0.5) is 4.39 Å². The van der Waals surface area contributed by atoms with Gasteiger partial charge in [-0.3, -0.25) is 0 Å². The van der Waals surface area contributed by atoms with E-state index in [4.69, 9.17) is 16.3 Å². The first kappa shape index (κ1) is 14.6. The third kappa shape index (κ3) is 2.71. The molecule has 1 aromatic rings. The van der Waals surface area contributed by atoms with Gasteiger partial charge in [-0.15, -0.1) is 0 Å². The maximum Gasteiger partial charge on any atom is 0.130 e. The second-order valence-corrected chi connectivity index (χ2v) is 7.18. The maximum atomic E-state index is 13.9. The minimum absolute atomic E-state index is 0.0110. The molecular weight excluding hydrogens is 299 g/mol. The fourth-order valence-electron chi connectivity index (χ4n) is 3.23. The van der Waals surface area contributed by atoms with Gasteiger partial charge in [0, 0.05) is 22.9 Å². The second-order valence-electron chi connectivity index (χ2n) is 5.67. The summed E-state index contributed by atoms with van der Waals surface area (Å²) < 4.78 is 19.9. The molecule has 1 N–H and O–H groups in total. The van der Waals surface area contributed by atoms with Crippen LogP contribution in [0.2, 0.25) is 5.02 Å². The summed E-state index contributed by atoms with van der Waals surface area (Å²) in [5, 5.41) is 10.9. The Morgan fingerprint density at radius 3 is 3.05 bits per heavy atom. The Bertz CT molecular complexity index is 471. The summed E-state index contributed by atoms with van der Waals surface area (Å²) in [5.74, 6) is 1.66. The topological polar surface area (TPSA) is 29.5 Å². The zero-order chi connectivity index (χ0) is 14.2. The van der Waals surface area contributed by atoms with Gasteiger partial charge in [0.1, 0.15) is 5.82 Å². The Kier molecular flexibility index (Phi) is 4.27. The van der Waals surface area contributed by atoms with E-state index in [1.54, 1.807) is 12.1 Å². The molecule has 1 aromatic carbocycles. The third-order valence-electron chi connectivity index (χ3n) is 4.34. The first-order chi connectivity index (χ1) is 9.61. The summed E-state index contributed by atoms with van der Waals surface area (Å²) in [6, 6.07) is 4.54. The van der Waals surface area contributed by atoms with Crippen LogP contribution in [0.5, 0.6) is 0 Å². The van der Waals surface area contributed by atoms with E-state index in [0.29, 0.717) is 11.6 Å². The zero-order valence-corrected chi connectivity index (χ0v) is 12.7. The van der Waals surface area contributed by atoms with Crippen molar-refractivity contribution in [1.82, 2.24) is 0 Å². The molecular formula is C15H18ClFO2S. The molecule has 0 aromatic heterocycles. The molecule has 1 spiro atoms. The average Bonchev–Trinajstić information content (AvgIpc) is 2.86. The lowest BCUT2D eigenvalue weighted by Gasteiger charge is -2.39. The molecule has 2 saturated heterocycles. The molecule has 20 heavy (non-hydrogen) atoms. The summed E-state index contributed by atoms with van der Waals surface area (Å²) in [5.41, 5.74) is 0.119. The molecule has 2 aliphatic rings. The van der Waals surface area contributed by atoms with Crippen LogP contribution in [0, 0.1) is 11.7 Å². The van der Waals surface area contributed by atoms with E-state index in [1.165, 1.54) is 6.07 Å². The first-order valence-electron chi connectivity index (χ1n) is 6.95. The number of thioether (sulfide) groups is 1. The number of rotatable bonds is 2. The van der Waals surface area contributed by atoms with Crippen LogP contribution in [-0.4, -0.2) is 28.8 Å². The predicted molar refractivity (Wildman–Crippen MR) is 79.7 cm³/mol. The number of hydrogen-bond acceptors (Lipinski definition) is 3. The average molecular weight is 317 g/mol. The molecule has 0 amide bonds. The van der Waals surface area contributed by atoms with Gasteiger partial charge < -0.3 is 9.84 Å². The van der Waals surface area contributed by atoms with E-state index >= 15 is 0 Å². The summed E-state index contributed by atoms with van der Waals surface area (Å²) in [7, 11) is 0. The molecule has 2 aliphatic heterocycles. The third-order valence-corrected chi connectivity index (χ3v) is 5.89. The van der Waals surface area contributed by atoms with Crippen LogP contribution in [0.25, 0.3) is 0 Å². The van der Waals surface area contributed by atoms with E-state index in [9.17, 15) is 9.50 Å². The van der Waals surface area contributed by atoms with Crippen LogP contribution in [-0.2, 0) is 4.74 Å². The monoisotopic (exact) mass is 316 g/mol. The minimum atomic E-state index is -0.852. The number of aliphatic hydroxyl groups is 1. The van der Waals surface area contributed by atoms with Gasteiger partial charge in [-0.05, 0) is 43.1 Å². The molecule has 3 rings (SSSR count). The van der Waals surface area contributed by atoms with Crippen molar-refractivity contribution in [2.45, 2.75) is 31.0 Å². The van der Waals surface area contributed by atoms with Crippen LogP contribution in [0.15, 0.2) is 18.2 Å². The number of benzene rings is 1. The molecule has 2 heterocycles. The molecule has 3 atom stereocenters. The summed E-state index contributed by atoms with van der Waals surface area (Å²) >= 11 is 7.95. The Hall–Kier alpha value is -0.290. The van der Waals surface area contributed by atoms with Crippen molar-refractivity contribution < 1.29 is 14.2 Å². The molecule has 5 heteroatoms. The highest BCUT2D eigenvalue weighted by atomic mass is 35.5. The molecule has 3 unspecified atom stereocenters. The minimum Gasteiger partial charge on any atom is -0.388 e. The van der Waals surface area contributed by atoms with Crippen molar-refractivity contribution in [3.8, 4) is 0 Å². The summed E-state index contributed by atoms with van der Waals surface area (Å²) in [6.45, 7) is 0.633. The normalized spacial score (nSPS) is 31.6. The smallest absolute Gasteiger partial charge is 0.130 e. The number of aliphatic hydroxyl groups excluding tert-OH is 1. The molecule has 0 bridgehead atoms. The van der Waals surface area contributed by atoms with Crippen molar-refractivity contribution in [2.75, 3.05) is 18.1 Å². The highest BCUT2D eigenvalue weighted by molar-refractivity contribution is 7.99. The number of ether oxygens (including phenoxy) is 1. The van der Waals surface area contributed by atoms with Crippen molar-refractivity contribution >= 4 is 23.4 Å². The molecule has 0 radical (unpaired) electrons. The van der Waals surface area contributed by atoms with Crippen LogP contribution in [0.1, 0.15) is 30.9 Å². The second kappa shape index (κ2) is 5.84. The number of halogens is 2. The van der Waals surface area contributed by atoms with E-state index in [0.717, 1.165) is 30.8 Å². The van der Waals surface area contributed by atoms with Crippen molar-refractivity contribution in [3.63, 3.8) is 0 Å². The Balaban J connectivity index is 1.81. The van der Waals surface area contributed by atoms with Gasteiger partial charge in [-0.1, -0.05) is 17.7 Å². The molecule has 110 valence electrons. The quantitative estimate of drug-likeness (QED) is 0.899. The van der Waals surface area contributed by atoms with Gasteiger partial charge in [0.15, 0.2) is 0 Å². The Morgan fingerprint density at radius 1 is 1.50 bits per heavy atom. The van der Waals surface area contributed by atoms with Crippen molar-refractivity contribution in [2.24, 2.45) is 5.92 Å². The molecule has 2 fully saturated rings. The predicted octanol–water partition coefficient (Wildman–Crippen LogP) is 3.81. The van der Waals surface area contributed by atoms with E-state index in [2.05, 4.69) is 0 Å². The van der Waals surface area contributed by atoms with Gasteiger partial charge in [0.05, 0.1) is 11.7 Å². The molecule has 2 nitrogen and oxygen atoms in total. The lowest BCUT2D eigenvalue weighted by Crippen LogP contribution is -2.41. The zero-order valence-electron chi connectivity index (χ0n) is 11.1. The standard InChI is InChI=1S/C15H18ClFO2S/c16-11-2-1-3-12(17)13(11)14(18)10-4-6-19-15(8-10)5-7-20-9-15/h1-3,10,14,18H,4-9H2. The van der Waals surface area contributed by atoms with Gasteiger partial charge >= 0.3 is 0 Å². The Morgan fingerprint density at radius 2 is 2.35 bits per heavy atom. The summed E-state index contributed by atoms with van der Waals surface area (Å²) in [4.78, 5) is 0. The molecule has 0 aliphatic carbocycles. The maximum absolute atomic E-state index is 13.9. The first-order valence-corrected chi connectivity index (χ1v) is 8.48. The van der Waals surface area contributed by atoms with Crippen molar-refractivity contribution in [3.05, 3.63) is 34.6 Å². The highest BCUT2D eigenvalue weighted by Crippen LogP contribution is 2.45. The summed E-state index contributed by atoms with van der Waals surface area (Å²) in [6.07, 6.45) is 1.70. The fraction of sp³-hybridized carbons (Fsp3) is 0.600. The Labute approximate surface area is 127 Å². The number of hydrogen-bond donors (Lipinski definition) is 1. The van der Waals surface area contributed by atoms with E-state index in [-0.39, 0.29) is 17.1 Å². The lowest BCUT2D eigenvalue weighted by molar-refractivity contribution is -0.102. The SMILES string of the molecule is OC(c1c(F)cccc1Cl)C1CCOC2(CCSC2)C1. The van der Waals surface area contributed by atoms with E-state index < -0.39 is 11.9 Å². The van der Waals surface area contributed by atoms with Gasteiger partial charge in [0.2, 0.25) is 0 Å². The lowest BCUT2D eigenvalue weighted by atomic mass is 9.80. The molecule has 0 saturated carbocycles. The fourth-order valence-corrected chi connectivity index (χ4v) is 4.88. The van der Waals surface area contributed by atoms with Crippen LogP contribution >= 0.6 is 23.4 Å². The van der Waals surface area contributed by atoms with Crippen molar-refractivity contribution in [1.29, 1.82) is 0 Å². The van der Waals surface area contributed by atoms with E-state index in [1.807, 2.05) is 11.8 Å². The van der Waals surface area contributed by atoms with Gasteiger partial charge in [0.25, 0.3) is 0 Å². The van der Waals surface area contributed by atoms with Crippen LogP contribution in [0.3, 0.4) is 0 Å². The largest absolute Gasteiger partial charge is 0.388 e. The van der Waals surface area contributed by atoms with Gasteiger partial charge in [-0.25, -0.2) is 4.39 Å². The highest BCUT2D eigenvalue weighted by Gasteiger charge is 2.43. The van der Waals surface area contributed by atoms with Gasteiger partial charge in [-0.2, -0.15) is 11.8 Å². The van der Waals surface area contributed by atoms with Crippen LogP contribution < -0.4 is 0 Å².